The lowest BCUT2D eigenvalue weighted by molar-refractivity contribution is 0.571. The molecule has 9 heteroatoms. The Morgan fingerprint density at radius 1 is 0.931 bits per heavy atom. The van der Waals surface area contributed by atoms with E-state index in [0.717, 1.165) is 11.6 Å². The van der Waals surface area contributed by atoms with Gasteiger partial charge in [0.15, 0.2) is 4.91 Å². The van der Waals surface area contributed by atoms with Gasteiger partial charge in [-0.25, -0.2) is 22.0 Å². The van der Waals surface area contributed by atoms with Crippen LogP contribution in [0.25, 0.3) is 17.4 Å². The number of primary sulfonamides is 1. The number of furan rings is 1. The van der Waals surface area contributed by atoms with E-state index in [-0.39, 0.29) is 15.6 Å². The Bertz CT molecular complexity index is 1330. The molecule has 2 N–H and O–H groups in total. The molecule has 3 rings (SSSR count). The third-order valence-electron chi connectivity index (χ3n) is 4.10. The second-order valence-corrected chi connectivity index (χ2v) is 9.69. The molecule has 0 spiro atoms. The van der Waals surface area contributed by atoms with E-state index < -0.39 is 24.8 Å². The van der Waals surface area contributed by atoms with Gasteiger partial charge in [-0.2, -0.15) is 5.26 Å². The van der Waals surface area contributed by atoms with Crippen molar-refractivity contribution >= 4 is 25.9 Å². The van der Waals surface area contributed by atoms with E-state index in [0.29, 0.717) is 11.3 Å². The highest BCUT2D eigenvalue weighted by atomic mass is 32.2. The molecule has 0 bridgehead atoms. The SMILES string of the molecule is Cc1ccc(S(=O)(=O)/C(C#N)=C\c2ccc(-c3ccc(S(N)(=O)=O)cc3)o2)cc1. The number of rotatable bonds is 5. The summed E-state index contributed by atoms with van der Waals surface area (Å²) in [6.07, 6.45) is 1.15. The number of sulfonamides is 1. The molecule has 0 saturated carbocycles. The van der Waals surface area contributed by atoms with Crippen molar-refractivity contribution in [1.82, 2.24) is 0 Å². The quantitative estimate of drug-likeness (QED) is 0.621. The summed E-state index contributed by atoms with van der Waals surface area (Å²) in [5, 5.41) is 14.4. The van der Waals surface area contributed by atoms with Gasteiger partial charge in [-0.15, -0.1) is 0 Å². The first-order valence-electron chi connectivity index (χ1n) is 8.28. The van der Waals surface area contributed by atoms with Gasteiger partial charge in [0.05, 0.1) is 9.79 Å². The van der Waals surface area contributed by atoms with Crippen molar-refractivity contribution in [3.8, 4) is 17.4 Å². The van der Waals surface area contributed by atoms with Crippen molar-refractivity contribution in [3.05, 3.63) is 76.9 Å². The highest BCUT2D eigenvalue weighted by Crippen LogP contribution is 2.27. The number of benzene rings is 2. The molecular weight excluding hydrogens is 412 g/mol. The number of nitriles is 1. The van der Waals surface area contributed by atoms with Gasteiger partial charge in [-0.05, 0) is 55.5 Å². The van der Waals surface area contributed by atoms with Gasteiger partial charge in [0.25, 0.3) is 0 Å². The van der Waals surface area contributed by atoms with Crippen LogP contribution in [0.4, 0.5) is 0 Å². The third-order valence-corrected chi connectivity index (χ3v) is 6.71. The van der Waals surface area contributed by atoms with Gasteiger partial charge in [0, 0.05) is 11.6 Å². The molecule has 0 fully saturated rings. The van der Waals surface area contributed by atoms with E-state index in [1.165, 1.54) is 42.5 Å². The molecule has 0 saturated heterocycles. The summed E-state index contributed by atoms with van der Waals surface area (Å²) in [5.41, 5.74) is 1.47. The van der Waals surface area contributed by atoms with Crippen molar-refractivity contribution in [2.45, 2.75) is 16.7 Å². The van der Waals surface area contributed by atoms with E-state index in [1.54, 1.807) is 24.3 Å². The zero-order chi connectivity index (χ0) is 21.2. The molecule has 7 nitrogen and oxygen atoms in total. The van der Waals surface area contributed by atoms with E-state index in [2.05, 4.69) is 0 Å². The van der Waals surface area contributed by atoms with Gasteiger partial charge in [-0.3, -0.25) is 0 Å². The molecule has 0 aliphatic carbocycles. The largest absolute Gasteiger partial charge is 0.457 e. The van der Waals surface area contributed by atoms with E-state index in [1.807, 2.05) is 6.92 Å². The van der Waals surface area contributed by atoms with Crippen LogP contribution in [-0.4, -0.2) is 16.8 Å². The number of hydrogen-bond donors (Lipinski definition) is 1. The molecule has 0 radical (unpaired) electrons. The first kappa shape index (κ1) is 20.5. The number of sulfone groups is 1. The van der Waals surface area contributed by atoms with Crippen molar-refractivity contribution < 1.29 is 21.3 Å². The molecule has 0 unspecified atom stereocenters. The summed E-state index contributed by atoms with van der Waals surface area (Å²) in [7, 11) is -7.79. The van der Waals surface area contributed by atoms with Crippen LogP contribution in [-0.2, 0) is 19.9 Å². The first-order chi connectivity index (χ1) is 13.6. The number of hydrogen-bond acceptors (Lipinski definition) is 6. The van der Waals surface area contributed by atoms with Gasteiger partial charge >= 0.3 is 0 Å². The second-order valence-electron chi connectivity index (χ2n) is 6.21. The maximum Gasteiger partial charge on any atom is 0.238 e. The summed E-state index contributed by atoms with van der Waals surface area (Å²) in [5.74, 6) is 0.546. The Balaban J connectivity index is 1.94. The molecule has 0 aliphatic rings. The topological polar surface area (TPSA) is 131 Å². The molecule has 0 aliphatic heterocycles. The summed E-state index contributed by atoms with van der Waals surface area (Å²) in [6, 6.07) is 16.7. The Hall–Kier alpha value is -3.19. The molecule has 1 heterocycles. The molecule has 0 atom stereocenters. The van der Waals surface area contributed by atoms with Crippen LogP contribution in [0.1, 0.15) is 11.3 Å². The number of aryl methyl sites for hydroxylation is 1. The molecule has 148 valence electrons. The minimum absolute atomic E-state index is 0.0151. The van der Waals surface area contributed by atoms with Crippen molar-refractivity contribution in [2.24, 2.45) is 5.14 Å². The monoisotopic (exact) mass is 428 g/mol. The predicted octanol–water partition coefficient (Wildman–Crippen LogP) is 3.24. The van der Waals surface area contributed by atoms with Gasteiger partial charge in [0.2, 0.25) is 19.9 Å². The van der Waals surface area contributed by atoms with E-state index in [9.17, 15) is 22.1 Å². The standard InChI is InChI=1S/C20H16N2O5S2/c1-14-2-7-17(8-3-14)28(23,24)19(13-21)12-16-6-11-20(27-16)15-4-9-18(10-5-15)29(22,25)26/h2-12H,1H3,(H2,22,25,26)/b19-12-. The lowest BCUT2D eigenvalue weighted by Gasteiger charge is -2.03. The number of nitrogens with zero attached hydrogens (tertiary/aromatic N) is 1. The average Bonchev–Trinajstić information content (AvgIpc) is 3.14. The fourth-order valence-electron chi connectivity index (χ4n) is 2.54. The van der Waals surface area contributed by atoms with Gasteiger partial charge in [-0.1, -0.05) is 17.7 Å². The molecule has 2 aromatic carbocycles. The van der Waals surface area contributed by atoms with E-state index >= 15 is 0 Å². The maximum atomic E-state index is 12.7. The Morgan fingerprint density at radius 2 is 1.52 bits per heavy atom. The minimum atomic E-state index is -3.98. The lowest BCUT2D eigenvalue weighted by Crippen LogP contribution is -2.11. The van der Waals surface area contributed by atoms with Crippen molar-refractivity contribution in [2.75, 3.05) is 0 Å². The van der Waals surface area contributed by atoms with Crippen LogP contribution < -0.4 is 5.14 Å². The van der Waals surface area contributed by atoms with Crippen LogP contribution in [0.3, 0.4) is 0 Å². The van der Waals surface area contributed by atoms with Crippen LogP contribution in [0, 0.1) is 18.3 Å². The summed E-state index contributed by atoms with van der Waals surface area (Å²) in [4.78, 5) is -0.475. The molecular formula is C20H16N2O5S2. The zero-order valence-electron chi connectivity index (χ0n) is 15.2. The molecule has 29 heavy (non-hydrogen) atoms. The van der Waals surface area contributed by atoms with Crippen LogP contribution in [0.15, 0.2) is 79.8 Å². The van der Waals surface area contributed by atoms with Crippen molar-refractivity contribution in [1.29, 1.82) is 5.26 Å². The zero-order valence-corrected chi connectivity index (χ0v) is 16.9. The number of allylic oxidation sites excluding steroid dienone is 1. The molecule has 1 aromatic heterocycles. The lowest BCUT2D eigenvalue weighted by atomic mass is 10.2. The first-order valence-corrected chi connectivity index (χ1v) is 11.3. The minimum Gasteiger partial charge on any atom is -0.457 e. The summed E-state index contributed by atoms with van der Waals surface area (Å²) in [6.45, 7) is 1.83. The fraction of sp³-hybridized carbons (Fsp3) is 0.0500. The highest BCUT2D eigenvalue weighted by molar-refractivity contribution is 7.95. The smallest absolute Gasteiger partial charge is 0.238 e. The predicted molar refractivity (Wildman–Crippen MR) is 107 cm³/mol. The fourth-order valence-corrected chi connectivity index (χ4v) is 4.19. The van der Waals surface area contributed by atoms with Crippen LogP contribution >= 0.6 is 0 Å². The normalized spacial score (nSPS) is 12.5. The highest BCUT2D eigenvalue weighted by Gasteiger charge is 2.21. The average molecular weight is 428 g/mol. The molecule has 0 amide bonds. The van der Waals surface area contributed by atoms with Crippen molar-refractivity contribution in [3.63, 3.8) is 0 Å². The Kier molecular flexibility index (Phi) is 5.44. The van der Waals surface area contributed by atoms with Gasteiger partial charge in [0.1, 0.15) is 17.6 Å². The summed E-state index contributed by atoms with van der Waals surface area (Å²) < 4.78 is 53.6. The Labute approximate surface area is 168 Å². The number of nitrogens with two attached hydrogens (primary N) is 1. The Morgan fingerprint density at radius 3 is 2.07 bits per heavy atom. The second kappa shape index (κ2) is 7.67. The van der Waals surface area contributed by atoms with Crippen LogP contribution in [0.5, 0.6) is 0 Å². The van der Waals surface area contributed by atoms with Crippen LogP contribution in [0.2, 0.25) is 0 Å². The maximum absolute atomic E-state index is 12.7. The third kappa shape index (κ3) is 4.46. The molecule has 3 aromatic rings. The summed E-state index contributed by atoms with van der Waals surface area (Å²) >= 11 is 0. The van der Waals surface area contributed by atoms with Gasteiger partial charge < -0.3 is 4.42 Å². The van der Waals surface area contributed by atoms with E-state index in [4.69, 9.17) is 9.56 Å².